The van der Waals surface area contributed by atoms with E-state index in [0.29, 0.717) is 40.3 Å². The molecule has 0 saturated carbocycles. The van der Waals surface area contributed by atoms with Crippen molar-refractivity contribution in [3.8, 4) is 17.2 Å². The third kappa shape index (κ3) is 4.17. The van der Waals surface area contributed by atoms with E-state index in [4.69, 9.17) is 14.2 Å². The van der Waals surface area contributed by atoms with Crippen LogP contribution in [0.1, 0.15) is 15.9 Å². The fourth-order valence-corrected chi connectivity index (χ4v) is 2.31. The van der Waals surface area contributed by atoms with Crippen LogP contribution in [-0.2, 0) is 4.79 Å². The Balaban J connectivity index is 2.24. The Kier molecular flexibility index (Phi) is 6.17. The zero-order valence-electron chi connectivity index (χ0n) is 14.2. The highest BCUT2D eigenvalue weighted by molar-refractivity contribution is 6.04. The Hall–Kier alpha value is -3.28. The van der Waals surface area contributed by atoms with Crippen molar-refractivity contribution in [1.29, 1.82) is 0 Å². The van der Waals surface area contributed by atoms with Gasteiger partial charge in [-0.1, -0.05) is 12.1 Å². The van der Waals surface area contributed by atoms with Crippen LogP contribution in [0.5, 0.6) is 17.2 Å². The van der Waals surface area contributed by atoms with Crippen LogP contribution in [0.2, 0.25) is 0 Å². The van der Waals surface area contributed by atoms with Gasteiger partial charge in [0.05, 0.1) is 27.0 Å². The number of hydrogen-bond acceptors (Lipinski definition) is 5. The van der Waals surface area contributed by atoms with Crippen molar-refractivity contribution in [1.82, 2.24) is 0 Å². The summed E-state index contributed by atoms with van der Waals surface area (Å²) < 4.78 is 15.9. The monoisotopic (exact) mass is 341 g/mol. The number of nitrogens with one attached hydrogen (secondary N) is 1. The second kappa shape index (κ2) is 8.54. The Morgan fingerprint density at radius 3 is 2.28 bits per heavy atom. The predicted octanol–water partition coefficient (Wildman–Crippen LogP) is 3.18. The smallest absolute Gasteiger partial charge is 0.248 e. The first-order chi connectivity index (χ1) is 12.1. The minimum Gasteiger partial charge on any atom is -0.493 e. The number of ether oxygens (including phenoxy) is 3. The number of methoxy groups -OCH3 is 3. The summed E-state index contributed by atoms with van der Waals surface area (Å²) in [4.78, 5) is 23.1. The van der Waals surface area contributed by atoms with E-state index in [9.17, 15) is 9.59 Å². The Morgan fingerprint density at radius 2 is 1.64 bits per heavy atom. The average Bonchev–Trinajstić information content (AvgIpc) is 2.65. The first kappa shape index (κ1) is 18.1. The van der Waals surface area contributed by atoms with Crippen LogP contribution in [-0.4, -0.2) is 33.5 Å². The van der Waals surface area contributed by atoms with Gasteiger partial charge in [0.15, 0.2) is 17.8 Å². The van der Waals surface area contributed by atoms with Crippen molar-refractivity contribution >= 4 is 24.0 Å². The van der Waals surface area contributed by atoms with E-state index in [1.54, 1.807) is 42.5 Å². The molecule has 2 rings (SSSR count). The van der Waals surface area contributed by atoms with Crippen molar-refractivity contribution in [3.63, 3.8) is 0 Å². The molecule has 0 heterocycles. The summed E-state index contributed by atoms with van der Waals surface area (Å²) in [5.74, 6) is 1.06. The molecule has 0 aliphatic heterocycles. The molecule has 0 bridgehead atoms. The van der Waals surface area contributed by atoms with Gasteiger partial charge in [0, 0.05) is 17.2 Å². The van der Waals surface area contributed by atoms with Crippen molar-refractivity contribution in [2.45, 2.75) is 0 Å². The minimum absolute atomic E-state index is 0.369. The third-order valence-electron chi connectivity index (χ3n) is 3.49. The molecule has 1 N–H and O–H groups in total. The highest BCUT2D eigenvalue weighted by Crippen LogP contribution is 2.40. The zero-order chi connectivity index (χ0) is 18.2. The summed E-state index contributed by atoms with van der Waals surface area (Å²) in [6, 6.07) is 10.2. The van der Waals surface area contributed by atoms with E-state index in [-0.39, 0.29) is 5.91 Å². The summed E-state index contributed by atoms with van der Waals surface area (Å²) in [5.41, 5.74) is 1.51. The third-order valence-corrected chi connectivity index (χ3v) is 3.49. The van der Waals surface area contributed by atoms with Gasteiger partial charge in [-0.15, -0.1) is 0 Å². The van der Waals surface area contributed by atoms with Crippen LogP contribution in [0.15, 0.2) is 42.5 Å². The molecule has 0 aliphatic rings. The number of amides is 1. The largest absolute Gasteiger partial charge is 0.493 e. The van der Waals surface area contributed by atoms with Crippen molar-refractivity contribution in [2.75, 3.05) is 26.6 Å². The molecule has 6 heteroatoms. The minimum atomic E-state index is -0.369. The standard InChI is InChI=1S/C19H19NO5/c1-23-16-10-8-13(18(24-2)19(16)25-3)9-11-17(22)20-15-7-5-4-6-14(15)12-21/h4-12H,1-3H3,(H,20,22)/b11-9+. The molecule has 25 heavy (non-hydrogen) atoms. The van der Waals surface area contributed by atoms with Gasteiger partial charge in [0.1, 0.15) is 0 Å². The SMILES string of the molecule is COc1ccc(/C=C/C(=O)Nc2ccccc2C=O)c(OC)c1OC. The molecule has 130 valence electrons. The van der Waals surface area contributed by atoms with Crippen LogP contribution < -0.4 is 19.5 Å². The molecule has 0 unspecified atom stereocenters. The van der Waals surface area contributed by atoms with Crippen molar-refractivity contribution in [3.05, 3.63) is 53.6 Å². The second-order valence-electron chi connectivity index (χ2n) is 4.95. The van der Waals surface area contributed by atoms with Crippen LogP contribution in [0.25, 0.3) is 6.08 Å². The van der Waals surface area contributed by atoms with Crippen molar-refractivity contribution in [2.24, 2.45) is 0 Å². The number of rotatable bonds is 7. The molecule has 0 atom stereocenters. The summed E-state index contributed by atoms with van der Waals surface area (Å²) in [6.07, 6.45) is 3.64. The predicted molar refractivity (Wildman–Crippen MR) is 95.6 cm³/mol. The molecule has 0 aliphatic carbocycles. The van der Waals surface area contributed by atoms with E-state index in [1.807, 2.05) is 0 Å². The van der Waals surface area contributed by atoms with Gasteiger partial charge in [-0.05, 0) is 30.3 Å². The molecule has 2 aromatic rings. The number of para-hydroxylation sites is 1. The van der Waals surface area contributed by atoms with Gasteiger partial charge in [-0.2, -0.15) is 0 Å². The van der Waals surface area contributed by atoms with Gasteiger partial charge < -0.3 is 19.5 Å². The second-order valence-corrected chi connectivity index (χ2v) is 4.95. The Labute approximate surface area is 146 Å². The maximum absolute atomic E-state index is 12.1. The van der Waals surface area contributed by atoms with Crippen molar-refractivity contribution < 1.29 is 23.8 Å². The lowest BCUT2D eigenvalue weighted by Crippen LogP contribution is -2.09. The number of hydrogen-bond donors (Lipinski definition) is 1. The van der Waals surface area contributed by atoms with Crippen LogP contribution in [0.3, 0.4) is 0 Å². The quantitative estimate of drug-likeness (QED) is 0.618. The number of carbonyl (C=O) groups excluding carboxylic acids is 2. The van der Waals surface area contributed by atoms with Gasteiger partial charge >= 0.3 is 0 Å². The highest BCUT2D eigenvalue weighted by atomic mass is 16.5. The number of benzene rings is 2. The van der Waals surface area contributed by atoms with E-state index in [0.717, 1.165) is 0 Å². The maximum Gasteiger partial charge on any atom is 0.248 e. The first-order valence-corrected chi connectivity index (χ1v) is 7.46. The highest BCUT2D eigenvalue weighted by Gasteiger charge is 2.14. The molecule has 0 fully saturated rings. The summed E-state index contributed by atoms with van der Waals surface area (Å²) >= 11 is 0. The molecule has 2 aromatic carbocycles. The van der Waals surface area contributed by atoms with Crippen LogP contribution >= 0.6 is 0 Å². The summed E-state index contributed by atoms with van der Waals surface area (Å²) in [7, 11) is 4.55. The van der Waals surface area contributed by atoms with E-state index in [2.05, 4.69) is 5.32 Å². The van der Waals surface area contributed by atoms with Gasteiger partial charge in [-0.25, -0.2) is 0 Å². The van der Waals surface area contributed by atoms with E-state index >= 15 is 0 Å². The first-order valence-electron chi connectivity index (χ1n) is 7.46. The molecular formula is C19H19NO5. The molecular weight excluding hydrogens is 322 g/mol. The molecule has 0 aromatic heterocycles. The van der Waals surface area contributed by atoms with E-state index in [1.165, 1.54) is 27.4 Å². The summed E-state index contributed by atoms with van der Waals surface area (Å²) in [5, 5.41) is 2.67. The molecule has 0 saturated heterocycles. The lowest BCUT2D eigenvalue weighted by molar-refractivity contribution is -0.111. The fraction of sp³-hybridized carbons (Fsp3) is 0.158. The zero-order valence-corrected chi connectivity index (χ0v) is 14.2. The van der Waals surface area contributed by atoms with Crippen LogP contribution in [0.4, 0.5) is 5.69 Å². The molecule has 0 radical (unpaired) electrons. The van der Waals surface area contributed by atoms with Crippen LogP contribution in [0, 0.1) is 0 Å². The molecule has 0 spiro atoms. The Morgan fingerprint density at radius 1 is 0.920 bits per heavy atom. The number of aldehydes is 1. The molecule has 6 nitrogen and oxygen atoms in total. The van der Waals surface area contributed by atoms with Gasteiger partial charge in [0.25, 0.3) is 0 Å². The maximum atomic E-state index is 12.1. The van der Waals surface area contributed by atoms with Gasteiger partial charge in [-0.3, -0.25) is 9.59 Å². The fourth-order valence-electron chi connectivity index (χ4n) is 2.31. The van der Waals surface area contributed by atoms with E-state index < -0.39 is 0 Å². The number of carbonyl (C=O) groups is 2. The lowest BCUT2D eigenvalue weighted by atomic mass is 10.1. The average molecular weight is 341 g/mol. The Bertz CT molecular complexity index is 798. The number of anilines is 1. The summed E-state index contributed by atoms with van der Waals surface area (Å²) in [6.45, 7) is 0. The van der Waals surface area contributed by atoms with Gasteiger partial charge in [0.2, 0.25) is 11.7 Å². The normalized spacial score (nSPS) is 10.4. The molecule has 1 amide bonds. The lowest BCUT2D eigenvalue weighted by Gasteiger charge is -2.14. The topological polar surface area (TPSA) is 73.9 Å².